The second-order valence-electron chi connectivity index (χ2n) is 15.4. The molecule has 3 N–H and O–H groups in total. The predicted molar refractivity (Wildman–Crippen MR) is 189 cm³/mol. The van der Waals surface area contributed by atoms with Gasteiger partial charge in [-0.3, -0.25) is 14.4 Å². The van der Waals surface area contributed by atoms with Crippen molar-refractivity contribution in [1.29, 1.82) is 0 Å². The van der Waals surface area contributed by atoms with Crippen molar-refractivity contribution in [2.75, 3.05) is 14.1 Å². The highest BCUT2D eigenvalue weighted by molar-refractivity contribution is 7.90. The van der Waals surface area contributed by atoms with E-state index in [0.717, 1.165) is 11.1 Å². The van der Waals surface area contributed by atoms with Crippen LogP contribution in [0, 0.1) is 11.3 Å². The summed E-state index contributed by atoms with van der Waals surface area (Å²) in [6.07, 6.45) is 1.60. The van der Waals surface area contributed by atoms with E-state index in [0.29, 0.717) is 0 Å². The van der Waals surface area contributed by atoms with E-state index in [1.165, 1.54) is 24.0 Å². The minimum atomic E-state index is -4.12. The monoisotopic (exact) mass is 668 g/mol. The molecule has 0 aliphatic rings. The van der Waals surface area contributed by atoms with Crippen LogP contribution < -0.4 is 15.4 Å². The number of nitrogens with one attached hydrogen (secondary N) is 3. The van der Waals surface area contributed by atoms with Crippen molar-refractivity contribution in [3.8, 4) is 0 Å². The summed E-state index contributed by atoms with van der Waals surface area (Å²) in [6, 6.07) is 14.1. The molecule has 0 spiro atoms. The Morgan fingerprint density at radius 1 is 0.809 bits per heavy atom. The van der Waals surface area contributed by atoms with Gasteiger partial charge in [-0.15, -0.1) is 0 Å². The van der Waals surface area contributed by atoms with Gasteiger partial charge in [-0.25, -0.2) is 13.1 Å². The summed E-state index contributed by atoms with van der Waals surface area (Å²) in [4.78, 5) is 42.6. The second-order valence-corrected chi connectivity index (χ2v) is 17.0. The van der Waals surface area contributed by atoms with Crippen molar-refractivity contribution in [1.82, 2.24) is 20.3 Å². The van der Waals surface area contributed by atoms with Crippen LogP contribution in [0.2, 0.25) is 0 Å². The van der Waals surface area contributed by atoms with Gasteiger partial charge in [0.1, 0.15) is 6.04 Å². The third kappa shape index (κ3) is 10.00. The van der Waals surface area contributed by atoms with Crippen LogP contribution in [-0.2, 0) is 35.2 Å². The number of rotatable bonds is 12. The number of hydrogen-bond acceptors (Lipinski definition) is 6. The molecule has 260 valence electrons. The van der Waals surface area contributed by atoms with Crippen LogP contribution in [0.5, 0.6) is 0 Å². The number of nitrogens with zero attached hydrogens (tertiary/aromatic N) is 1. The minimum absolute atomic E-state index is 0.0153. The molecule has 3 atom stereocenters. The third-order valence-corrected chi connectivity index (χ3v) is 10.1. The van der Waals surface area contributed by atoms with E-state index in [1.54, 1.807) is 32.3 Å². The molecule has 0 aromatic heterocycles. The zero-order valence-electron chi connectivity index (χ0n) is 30.5. The zero-order valence-corrected chi connectivity index (χ0v) is 31.3. The maximum atomic E-state index is 14.1. The summed E-state index contributed by atoms with van der Waals surface area (Å²) < 4.78 is 28.2. The van der Waals surface area contributed by atoms with Crippen LogP contribution in [0.1, 0.15) is 87.3 Å². The third-order valence-electron chi connectivity index (χ3n) is 8.70. The molecule has 2 rings (SSSR count). The SMILES string of the molecule is CN[C@H](C(=O)N[C@H](C(=O)N(C)[C@H](C=C(C)C(=O)NS(=O)(=O)c1ccc(C(C)(C)C)cc1)C(C)C)C(C)(C)C)C(C)(C)c1ccccc1. The highest BCUT2D eigenvalue weighted by atomic mass is 32.2. The van der Waals surface area contributed by atoms with Gasteiger partial charge in [0.15, 0.2) is 0 Å². The van der Waals surface area contributed by atoms with Gasteiger partial charge in [-0.1, -0.05) is 118 Å². The van der Waals surface area contributed by atoms with E-state index in [1.807, 2.05) is 99.6 Å². The van der Waals surface area contributed by atoms with Crippen LogP contribution in [0.3, 0.4) is 0 Å². The molecular weight excluding hydrogens is 612 g/mol. The van der Waals surface area contributed by atoms with Gasteiger partial charge in [-0.2, -0.15) is 0 Å². The maximum absolute atomic E-state index is 14.1. The topological polar surface area (TPSA) is 125 Å². The van der Waals surface area contributed by atoms with E-state index in [9.17, 15) is 22.8 Å². The molecular formula is C37H56N4O5S. The summed E-state index contributed by atoms with van der Waals surface area (Å²) >= 11 is 0. The number of sulfonamides is 1. The summed E-state index contributed by atoms with van der Waals surface area (Å²) in [5.74, 6) is -1.55. The second kappa shape index (κ2) is 15.2. The average Bonchev–Trinajstić information content (AvgIpc) is 2.97. The summed E-state index contributed by atoms with van der Waals surface area (Å²) in [5.41, 5.74) is 0.715. The fraction of sp³-hybridized carbons (Fsp3) is 0.541. The summed E-state index contributed by atoms with van der Waals surface area (Å²) in [5, 5.41) is 6.17. The molecule has 10 heteroatoms. The first-order valence-electron chi connectivity index (χ1n) is 16.1. The van der Waals surface area contributed by atoms with Crippen LogP contribution in [-0.4, -0.2) is 63.3 Å². The van der Waals surface area contributed by atoms with Crippen molar-refractivity contribution in [2.45, 2.75) is 110 Å². The molecule has 0 unspecified atom stereocenters. The summed E-state index contributed by atoms with van der Waals surface area (Å²) in [6.45, 7) is 21.1. The number of carbonyl (C=O) groups excluding carboxylic acids is 3. The molecule has 0 aliphatic heterocycles. The van der Waals surface area contributed by atoms with E-state index in [2.05, 4.69) is 15.4 Å². The van der Waals surface area contributed by atoms with Crippen LogP contribution in [0.25, 0.3) is 0 Å². The molecule has 2 aromatic rings. The zero-order chi connectivity index (χ0) is 36.1. The Kier molecular flexibility index (Phi) is 12.8. The van der Waals surface area contributed by atoms with Crippen LogP contribution in [0.4, 0.5) is 0 Å². The molecule has 0 saturated carbocycles. The lowest BCUT2D eigenvalue weighted by Gasteiger charge is -2.40. The summed E-state index contributed by atoms with van der Waals surface area (Å²) in [7, 11) is -0.762. The van der Waals surface area contributed by atoms with Crippen molar-refractivity contribution in [2.24, 2.45) is 11.3 Å². The van der Waals surface area contributed by atoms with Crippen molar-refractivity contribution in [3.05, 3.63) is 77.4 Å². The van der Waals surface area contributed by atoms with E-state index in [4.69, 9.17) is 0 Å². The smallest absolute Gasteiger partial charge is 0.264 e. The van der Waals surface area contributed by atoms with Crippen LogP contribution >= 0.6 is 0 Å². The Balaban J connectivity index is 2.32. The highest BCUT2D eigenvalue weighted by Crippen LogP contribution is 2.29. The first-order chi connectivity index (χ1) is 21.4. The lowest BCUT2D eigenvalue weighted by Crippen LogP contribution is -2.61. The Morgan fingerprint density at radius 2 is 1.34 bits per heavy atom. The van der Waals surface area contributed by atoms with E-state index >= 15 is 0 Å². The van der Waals surface area contributed by atoms with Gasteiger partial charge < -0.3 is 15.5 Å². The molecule has 47 heavy (non-hydrogen) atoms. The lowest BCUT2D eigenvalue weighted by molar-refractivity contribution is -0.140. The van der Waals surface area contributed by atoms with Gasteiger partial charge in [0.05, 0.1) is 17.0 Å². The molecule has 2 aromatic carbocycles. The van der Waals surface area contributed by atoms with Gasteiger partial charge in [0, 0.05) is 18.0 Å². The van der Waals surface area contributed by atoms with Gasteiger partial charge in [-0.05, 0) is 54.0 Å². The molecule has 0 heterocycles. The van der Waals surface area contributed by atoms with Crippen LogP contribution in [0.15, 0.2) is 71.1 Å². The first-order valence-corrected chi connectivity index (χ1v) is 17.6. The predicted octanol–water partition coefficient (Wildman–Crippen LogP) is 5.32. The van der Waals surface area contributed by atoms with Crippen molar-refractivity contribution in [3.63, 3.8) is 0 Å². The largest absolute Gasteiger partial charge is 0.342 e. The Hall–Kier alpha value is -3.50. The van der Waals surface area contributed by atoms with E-state index < -0.39 is 44.9 Å². The average molecular weight is 669 g/mol. The molecule has 0 radical (unpaired) electrons. The molecule has 3 amide bonds. The quantitative estimate of drug-likeness (QED) is 0.263. The standard InChI is InChI=1S/C37H56N4O5S/c1-24(2)29(23-25(3)32(42)40-47(45,46)28-21-19-26(20-22-28)35(4,5)6)41(13)34(44)31(36(7,8)9)39-33(43)30(38-12)37(10,11)27-17-15-14-16-18-27/h14-24,29-31,38H,1-13H3,(H,39,43)(H,40,42)/t29-,30-,31-/m1/s1. The molecule has 9 nitrogen and oxygen atoms in total. The normalized spacial score (nSPS) is 15.1. The fourth-order valence-electron chi connectivity index (χ4n) is 5.56. The number of hydrogen-bond donors (Lipinski definition) is 3. The van der Waals surface area contributed by atoms with Crippen molar-refractivity contribution < 1.29 is 22.8 Å². The minimum Gasteiger partial charge on any atom is -0.342 e. The molecule has 0 saturated heterocycles. The number of benzene rings is 2. The number of amides is 3. The maximum Gasteiger partial charge on any atom is 0.264 e. The molecule has 0 fully saturated rings. The van der Waals surface area contributed by atoms with Gasteiger partial charge in [0.2, 0.25) is 11.8 Å². The lowest BCUT2D eigenvalue weighted by atomic mass is 9.76. The van der Waals surface area contributed by atoms with Gasteiger partial charge in [0.25, 0.3) is 15.9 Å². The van der Waals surface area contributed by atoms with Gasteiger partial charge >= 0.3 is 0 Å². The van der Waals surface area contributed by atoms with Crippen molar-refractivity contribution >= 4 is 27.7 Å². The number of carbonyl (C=O) groups is 3. The first kappa shape index (κ1) is 39.7. The Morgan fingerprint density at radius 3 is 1.79 bits per heavy atom. The van der Waals surface area contributed by atoms with E-state index in [-0.39, 0.29) is 33.6 Å². The molecule has 0 bridgehead atoms. The number of likely N-dealkylation sites (N-methyl/N-ethyl adjacent to an activating group) is 2. The Bertz CT molecular complexity index is 1530. The Labute approximate surface area is 283 Å². The molecule has 0 aliphatic carbocycles. The highest BCUT2D eigenvalue weighted by Gasteiger charge is 2.41. The fourth-order valence-corrected chi connectivity index (χ4v) is 6.58.